The number of aliphatic carboxylic acids is 1. The molecule has 49 heavy (non-hydrogen) atoms. The number of carbonyl (C=O) groups excluding carboxylic acids is 5. The largest absolute Gasteiger partial charge is 0.480 e. The van der Waals surface area contributed by atoms with Gasteiger partial charge in [0.2, 0.25) is 23.6 Å². The molecule has 1 rings (SSSR count). The van der Waals surface area contributed by atoms with E-state index in [-0.39, 0.29) is 43.2 Å². The highest BCUT2D eigenvalue weighted by molar-refractivity contribution is 5.95. The van der Waals surface area contributed by atoms with Gasteiger partial charge in [0.15, 0.2) is 0 Å². The van der Waals surface area contributed by atoms with E-state index < -0.39 is 59.9 Å². The topological polar surface area (TPSA) is 166 Å². The zero-order valence-electron chi connectivity index (χ0n) is 31.2. The van der Waals surface area contributed by atoms with Gasteiger partial charge in [0.25, 0.3) is 0 Å². The fourth-order valence-corrected chi connectivity index (χ4v) is 5.45. The summed E-state index contributed by atoms with van der Waals surface area (Å²) in [4.78, 5) is 82.6. The van der Waals surface area contributed by atoms with Crippen LogP contribution in [0.3, 0.4) is 0 Å². The van der Waals surface area contributed by atoms with Gasteiger partial charge in [-0.3, -0.25) is 19.2 Å². The number of ether oxygens (including phenoxy) is 1. The molecule has 0 spiro atoms. The minimum atomic E-state index is -1.13. The highest BCUT2D eigenvalue weighted by Crippen LogP contribution is 2.18. The molecule has 0 fully saturated rings. The van der Waals surface area contributed by atoms with Crippen LogP contribution in [-0.4, -0.2) is 107 Å². The Morgan fingerprint density at radius 3 is 1.86 bits per heavy atom. The molecule has 0 aromatic heterocycles. The number of amides is 5. The summed E-state index contributed by atoms with van der Waals surface area (Å²) in [6, 6.07) is 5.14. The third-order valence-electron chi connectivity index (χ3n) is 8.55. The molecule has 5 atom stereocenters. The Labute approximate surface area is 292 Å². The van der Waals surface area contributed by atoms with Gasteiger partial charge in [-0.1, -0.05) is 92.1 Å². The number of rotatable bonds is 19. The summed E-state index contributed by atoms with van der Waals surface area (Å²) in [6.45, 7) is 14.4. The summed E-state index contributed by atoms with van der Waals surface area (Å²) in [7, 11) is 4.33. The summed E-state index contributed by atoms with van der Waals surface area (Å²) in [5, 5.41) is 15.2. The van der Waals surface area contributed by atoms with Gasteiger partial charge in [0.1, 0.15) is 30.8 Å². The van der Waals surface area contributed by atoms with Crippen molar-refractivity contribution in [3.63, 3.8) is 0 Å². The molecule has 13 nitrogen and oxygen atoms in total. The predicted octanol–water partition coefficient (Wildman–Crippen LogP) is 3.76. The molecular weight excluding hydrogens is 630 g/mol. The third-order valence-corrected chi connectivity index (χ3v) is 8.55. The first-order valence-electron chi connectivity index (χ1n) is 17.1. The fourth-order valence-electron chi connectivity index (χ4n) is 5.45. The first kappa shape index (κ1) is 42.9. The zero-order chi connectivity index (χ0) is 37.6. The number of carboxylic acids is 1. The molecule has 0 bridgehead atoms. The van der Waals surface area contributed by atoms with Crippen molar-refractivity contribution in [2.45, 2.75) is 105 Å². The van der Waals surface area contributed by atoms with E-state index in [0.29, 0.717) is 12.8 Å². The van der Waals surface area contributed by atoms with Gasteiger partial charge in [-0.2, -0.15) is 0 Å². The minimum absolute atomic E-state index is 0.00456. The number of nitrogens with one attached hydrogen (secondary N) is 2. The Morgan fingerprint density at radius 2 is 1.37 bits per heavy atom. The second-order valence-corrected chi connectivity index (χ2v) is 14.1. The van der Waals surface area contributed by atoms with E-state index in [2.05, 4.69) is 10.6 Å². The maximum Gasteiger partial charge on any atom is 0.408 e. The molecular formula is C36H59N5O8. The number of carbonyl (C=O) groups is 6. The summed E-state index contributed by atoms with van der Waals surface area (Å²) in [5.74, 6) is -3.89. The van der Waals surface area contributed by atoms with Crippen LogP contribution in [0.2, 0.25) is 0 Å². The molecule has 0 heterocycles. The van der Waals surface area contributed by atoms with Crippen LogP contribution in [0.15, 0.2) is 30.3 Å². The van der Waals surface area contributed by atoms with Crippen LogP contribution in [0.5, 0.6) is 0 Å². The van der Waals surface area contributed by atoms with E-state index in [1.54, 1.807) is 20.8 Å². The number of carboxylic acid groups (broad SMARTS) is 1. The lowest BCUT2D eigenvalue weighted by atomic mass is 9.97. The molecule has 0 saturated heterocycles. The van der Waals surface area contributed by atoms with Crippen molar-refractivity contribution in [2.75, 3.05) is 27.7 Å². The maximum atomic E-state index is 13.9. The third kappa shape index (κ3) is 13.7. The second kappa shape index (κ2) is 20.4. The molecule has 0 saturated carbocycles. The van der Waals surface area contributed by atoms with Crippen LogP contribution in [-0.2, 0) is 35.3 Å². The number of likely N-dealkylation sites (N-methyl/N-ethyl adjacent to an activating group) is 3. The van der Waals surface area contributed by atoms with Gasteiger partial charge in [-0.25, -0.2) is 9.59 Å². The van der Waals surface area contributed by atoms with Crippen molar-refractivity contribution < 1.29 is 38.6 Å². The summed E-state index contributed by atoms with van der Waals surface area (Å²) in [5.41, 5.74) is 0.794. The van der Waals surface area contributed by atoms with Gasteiger partial charge < -0.3 is 35.2 Å². The van der Waals surface area contributed by atoms with E-state index in [0.717, 1.165) is 10.5 Å². The average Bonchev–Trinajstić information content (AvgIpc) is 3.03. The van der Waals surface area contributed by atoms with Crippen LogP contribution in [0.4, 0.5) is 4.79 Å². The van der Waals surface area contributed by atoms with Gasteiger partial charge in [0.05, 0.1) is 6.54 Å². The molecule has 0 aliphatic carbocycles. The Bertz CT molecular complexity index is 1260. The molecule has 0 aliphatic rings. The van der Waals surface area contributed by atoms with Crippen molar-refractivity contribution in [3.05, 3.63) is 35.9 Å². The smallest absolute Gasteiger partial charge is 0.408 e. The Kier molecular flexibility index (Phi) is 17.8. The van der Waals surface area contributed by atoms with Gasteiger partial charge in [-0.05, 0) is 42.1 Å². The van der Waals surface area contributed by atoms with Crippen LogP contribution >= 0.6 is 0 Å². The molecule has 2 unspecified atom stereocenters. The minimum Gasteiger partial charge on any atom is -0.480 e. The number of nitrogens with zero attached hydrogens (tertiary/aromatic N) is 3. The maximum absolute atomic E-state index is 13.9. The number of alkyl carbamates (subject to hydrolysis) is 1. The molecule has 13 heteroatoms. The summed E-state index contributed by atoms with van der Waals surface area (Å²) < 4.78 is 5.36. The zero-order valence-corrected chi connectivity index (χ0v) is 31.2. The number of benzene rings is 1. The lowest BCUT2D eigenvalue weighted by Crippen LogP contribution is -2.59. The van der Waals surface area contributed by atoms with E-state index in [9.17, 15) is 33.9 Å². The molecule has 3 N–H and O–H groups in total. The van der Waals surface area contributed by atoms with Crippen LogP contribution in [0, 0.1) is 23.7 Å². The van der Waals surface area contributed by atoms with Crippen molar-refractivity contribution in [3.8, 4) is 0 Å². The summed E-state index contributed by atoms with van der Waals surface area (Å²) >= 11 is 0. The second-order valence-electron chi connectivity index (χ2n) is 14.1. The van der Waals surface area contributed by atoms with E-state index in [1.165, 1.54) is 30.9 Å². The monoisotopic (exact) mass is 689 g/mol. The van der Waals surface area contributed by atoms with Crippen LogP contribution in [0.1, 0.15) is 80.2 Å². The van der Waals surface area contributed by atoms with Crippen molar-refractivity contribution in [2.24, 2.45) is 23.7 Å². The van der Waals surface area contributed by atoms with E-state index in [4.69, 9.17) is 4.74 Å². The van der Waals surface area contributed by atoms with Crippen molar-refractivity contribution in [1.29, 1.82) is 0 Å². The Hall–Kier alpha value is -4.16. The highest BCUT2D eigenvalue weighted by atomic mass is 16.5. The average molecular weight is 690 g/mol. The summed E-state index contributed by atoms with van der Waals surface area (Å²) in [6.07, 6.45) is 0.380. The molecule has 1 aromatic rings. The fraction of sp³-hybridized carbons (Fsp3) is 0.667. The highest BCUT2D eigenvalue weighted by Gasteiger charge is 2.37. The van der Waals surface area contributed by atoms with E-state index >= 15 is 0 Å². The molecule has 0 aliphatic heterocycles. The van der Waals surface area contributed by atoms with Crippen molar-refractivity contribution in [1.82, 2.24) is 25.3 Å². The number of hydrogen-bond donors (Lipinski definition) is 3. The predicted molar refractivity (Wildman–Crippen MR) is 187 cm³/mol. The van der Waals surface area contributed by atoms with Gasteiger partial charge in [-0.15, -0.1) is 0 Å². The number of hydrogen-bond acceptors (Lipinski definition) is 7. The lowest BCUT2D eigenvalue weighted by Gasteiger charge is -2.35. The Morgan fingerprint density at radius 1 is 0.796 bits per heavy atom. The van der Waals surface area contributed by atoms with Gasteiger partial charge >= 0.3 is 12.1 Å². The molecule has 1 aromatic carbocycles. The van der Waals surface area contributed by atoms with E-state index in [1.807, 2.05) is 65.0 Å². The lowest BCUT2D eigenvalue weighted by molar-refractivity contribution is -0.152. The molecule has 0 radical (unpaired) electrons. The van der Waals surface area contributed by atoms with Crippen molar-refractivity contribution >= 4 is 35.7 Å². The SMILES string of the molecule is CCC(C)C(C(=O)O)N(C)C(=O)CN(C)C(=O)[C@@H](NC(=O)[C@H](CC(C)C)N(C)C(=O)[C@H](CC(C)C)NC(=O)OCc1ccccc1)C(C)C. The van der Waals surface area contributed by atoms with Crippen LogP contribution in [0.25, 0.3) is 0 Å². The van der Waals surface area contributed by atoms with Crippen LogP contribution < -0.4 is 10.6 Å². The normalized spacial score (nSPS) is 14.3. The van der Waals surface area contributed by atoms with Gasteiger partial charge in [0, 0.05) is 21.1 Å². The quantitative estimate of drug-likeness (QED) is 0.198. The molecule has 276 valence electrons. The molecule has 5 amide bonds. The first-order valence-corrected chi connectivity index (χ1v) is 17.1. The first-order chi connectivity index (χ1) is 22.8. The standard InChI is InChI=1S/C36H59N5O8/c1-12-25(8)31(35(46)47)41(11)29(42)20-39(9)34(45)30(24(6)7)38-32(43)28(19-23(4)5)40(10)33(44)27(18-22(2)3)37-36(48)49-21-26-16-14-13-15-17-26/h13-17,22-25,27-28,30-31H,12,18-21H2,1-11H3,(H,37,48)(H,38,43)(H,46,47)/t25?,27-,28-,30-,31?/m0/s1. The Balaban J connectivity index is 3.15.